The smallest absolute Gasteiger partial charge is 0.258 e. The predicted octanol–water partition coefficient (Wildman–Crippen LogP) is 5.14. The van der Waals surface area contributed by atoms with Crippen molar-refractivity contribution in [3.8, 4) is 0 Å². The molecule has 2 aromatic carbocycles. The molecule has 6 nitrogen and oxygen atoms in total. The Morgan fingerprint density at radius 3 is 2.37 bits per heavy atom. The quantitative estimate of drug-likeness (QED) is 0.299. The Morgan fingerprint density at radius 1 is 1.15 bits per heavy atom. The summed E-state index contributed by atoms with van der Waals surface area (Å²) in [4.78, 5) is 14.6. The molecular weight excluding hydrogens is 428 g/mol. The van der Waals surface area contributed by atoms with Gasteiger partial charge in [0.1, 0.15) is 4.34 Å². The molecule has 0 aliphatic rings. The summed E-state index contributed by atoms with van der Waals surface area (Å²) in [6, 6.07) is 12.7. The van der Waals surface area contributed by atoms with E-state index in [-0.39, 0.29) is 19.9 Å². The van der Waals surface area contributed by atoms with Crippen LogP contribution in [0.1, 0.15) is 11.1 Å². The van der Waals surface area contributed by atoms with Crippen LogP contribution in [0.4, 0.5) is 5.69 Å². The number of hydrogen-bond donors (Lipinski definition) is 0. The van der Waals surface area contributed by atoms with Crippen LogP contribution >= 0.6 is 34.7 Å². The maximum absolute atomic E-state index is 12.7. The Hall–Kier alpha value is -1.94. The van der Waals surface area contributed by atoms with Gasteiger partial charge < -0.3 is 0 Å². The van der Waals surface area contributed by atoms with Crippen LogP contribution in [0.2, 0.25) is 4.34 Å². The minimum Gasteiger partial charge on any atom is -0.258 e. The highest BCUT2D eigenvalue weighted by atomic mass is 35.5. The van der Waals surface area contributed by atoms with Crippen molar-refractivity contribution >= 4 is 50.2 Å². The molecule has 0 amide bonds. The number of thioether (sulfide) groups is 1. The second-order valence-electron chi connectivity index (χ2n) is 5.59. The standard InChI is InChI=1S/C17H13ClN2O4S3/c1-11-2-8-14(9-3-11)27(23,24)16-15(18)26-17(19-16)25-10-12-4-6-13(7-5-12)20(21)22/h2-9H,10H2,1H3. The van der Waals surface area contributed by atoms with E-state index in [1.165, 1.54) is 36.0 Å². The largest absolute Gasteiger partial charge is 0.269 e. The molecule has 3 aromatic rings. The highest BCUT2D eigenvalue weighted by Crippen LogP contribution is 2.37. The van der Waals surface area contributed by atoms with Crippen molar-refractivity contribution < 1.29 is 13.3 Å². The van der Waals surface area contributed by atoms with E-state index in [4.69, 9.17) is 11.6 Å². The third-order valence-electron chi connectivity index (χ3n) is 3.63. The van der Waals surface area contributed by atoms with E-state index < -0.39 is 14.8 Å². The van der Waals surface area contributed by atoms with Crippen LogP contribution in [0.3, 0.4) is 0 Å². The van der Waals surface area contributed by atoms with Crippen molar-refractivity contribution in [1.29, 1.82) is 0 Å². The molecule has 1 aromatic heterocycles. The van der Waals surface area contributed by atoms with Crippen molar-refractivity contribution in [3.05, 3.63) is 74.1 Å². The zero-order valence-electron chi connectivity index (χ0n) is 14.0. The predicted molar refractivity (Wildman–Crippen MR) is 106 cm³/mol. The lowest BCUT2D eigenvalue weighted by molar-refractivity contribution is -0.384. The number of sulfone groups is 1. The second kappa shape index (κ2) is 7.97. The summed E-state index contributed by atoms with van der Waals surface area (Å²) < 4.78 is 26.1. The average Bonchev–Trinajstić information content (AvgIpc) is 3.02. The monoisotopic (exact) mass is 440 g/mol. The zero-order valence-corrected chi connectivity index (χ0v) is 17.2. The van der Waals surface area contributed by atoms with E-state index in [9.17, 15) is 18.5 Å². The van der Waals surface area contributed by atoms with Gasteiger partial charge in [-0.2, -0.15) is 0 Å². The van der Waals surface area contributed by atoms with Gasteiger partial charge >= 0.3 is 0 Å². The molecule has 0 aliphatic carbocycles. The van der Waals surface area contributed by atoms with Crippen molar-refractivity contribution in [2.45, 2.75) is 26.9 Å². The lowest BCUT2D eigenvalue weighted by atomic mass is 10.2. The number of nitro benzene ring substituents is 1. The molecule has 0 spiro atoms. The van der Waals surface area contributed by atoms with Crippen LogP contribution in [0.5, 0.6) is 0 Å². The maximum atomic E-state index is 12.7. The fourth-order valence-electron chi connectivity index (χ4n) is 2.19. The topological polar surface area (TPSA) is 90.2 Å². The van der Waals surface area contributed by atoms with E-state index >= 15 is 0 Å². The van der Waals surface area contributed by atoms with Gasteiger partial charge in [0.05, 0.1) is 9.82 Å². The van der Waals surface area contributed by atoms with Crippen molar-refractivity contribution in [2.75, 3.05) is 0 Å². The van der Waals surface area contributed by atoms with E-state index in [0.717, 1.165) is 22.5 Å². The van der Waals surface area contributed by atoms with E-state index in [0.29, 0.717) is 10.1 Å². The number of nitrogens with zero attached hydrogens (tertiary/aromatic N) is 2. The van der Waals surface area contributed by atoms with Crippen LogP contribution in [-0.2, 0) is 15.6 Å². The first-order valence-corrected chi connectivity index (χ1v) is 11.3. The summed E-state index contributed by atoms with van der Waals surface area (Å²) in [5.41, 5.74) is 1.84. The summed E-state index contributed by atoms with van der Waals surface area (Å²) in [7, 11) is -3.78. The van der Waals surface area contributed by atoms with Gasteiger partial charge in [-0.1, -0.05) is 64.5 Å². The Labute approximate surface area is 169 Å². The maximum Gasteiger partial charge on any atom is 0.269 e. The van der Waals surface area contributed by atoms with Crippen molar-refractivity contribution in [1.82, 2.24) is 4.98 Å². The third kappa shape index (κ3) is 4.49. The number of benzene rings is 2. The van der Waals surface area contributed by atoms with Gasteiger partial charge in [-0.3, -0.25) is 10.1 Å². The lowest BCUT2D eigenvalue weighted by Gasteiger charge is -2.02. The molecule has 140 valence electrons. The molecule has 0 fully saturated rings. The minimum atomic E-state index is -3.78. The van der Waals surface area contributed by atoms with Gasteiger partial charge in [0.2, 0.25) is 9.84 Å². The molecule has 1 heterocycles. The highest BCUT2D eigenvalue weighted by molar-refractivity contribution is 8.00. The SMILES string of the molecule is Cc1ccc(S(=O)(=O)c2nc(SCc3ccc([N+](=O)[O-])cc3)sc2Cl)cc1. The number of non-ortho nitro benzene ring substituents is 1. The molecule has 27 heavy (non-hydrogen) atoms. The summed E-state index contributed by atoms with van der Waals surface area (Å²) in [6.45, 7) is 1.87. The molecule has 0 unspecified atom stereocenters. The van der Waals surface area contributed by atoms with Gasteiger partial charge in [0.15, 0.2) is 9.37 Å². The highest BCUT2D eigenvalue weighted by Gasteiger charge is 2.25. The van der Waals surface area contributed by atoms with Gasteiger partial charge in [-0.05, 0) is 24.6 Å². The number of aryl methyl sites for hydroxylation is 1. The van der Waals surface area contributed by atoms with Gasteiger partial charge in [-0.25, -0.2) is 13.4 Å². The Morgan fingerprint density at radius 2 is 1.78 bits per heavy atom. The van der Waals surface area contributed by atoms with E-state index in [2.05, 4.69) is 4.98 Å². The van der Waals surface area contributed by atoms with Gasteiger partial charge in [0, 0.05) is 17.9 Å². The number of thiazole rings is 1. The fourth-order valence-corrected chi connectivity index (χ4v) is 6.32. The first-order valence-electron chi connectivity index (χ1n) is 7.61. The van der Waals surface area contributed by atoms with Gasteiger partial charge in [-0.15, -0.1) is 0 Å². The van der Waals surface area contributed by atoms with E-state index in [1.54, 1.807) is 24.3 Å². The third-order valence-corrected chi connectivity index (χ3v) is 8.04. The molecule has 0 saturated carbocycles. The van der Waals surface area contributed by atoms with Crippen LogP contribution in [0.25, 0.3) is 0 Å². The Kier molecular flexibility index (Phi) is 5.85. The van der Waals surface area contributed by atoms with Gasteiger partial charge in [0.25, 0.3) is 5.69 Å². The number of hydrogen-bond acceptors (Lipinski definition) is 7. The number of rotatable bonds is 6. The fraction of sp³-hybridized carbons (Fsp3) is 0.118. The van der Waals surface area contributed by atoms with Crippen LogP contribution in [0, 0.1) is 17.0 Å². The minimum absolute atomic E-state index is 0.0209. The average molecular weight is 441 g/mol. The molecule has 0 saturated heterocycles. The molecule has 10 heteroatoms. The molecule has 0 N–H and O–H groups in total. The molecule has 0 radical (unpaired) electrons. The normalized spacial score (nSPS) is 11.5. The lowest BCUT2D eigenvalue weighted by Crippen LogP contribution is -2.03. The van der Waals surface area contributed by atoms with Crippen molar-refractivity contribution in [3.63, 3.8) is 0 Å². The number of aromatic nitrogens is 1. The van der Waals surface area contributed by atoms with Crippen LogP contribution < -0.4 is 0 Å². The van der Waals surface area contributed by atoms with Crippen molar-refractivity contribution in [2.24, 2.45) is 0 Å². The second-order valence-corrected chi connectivity index (χ2v) is 10.3. The molecular formula is C17H13ClN2O4S3. The molecule has 0 bridgehead atoms. The zero-order chi connectivity index (χ0) is 19.6. The Balaban J connectivity index is 1.78. The molecule has 0 aliphatic heterocycles. The van der Waals surface area contributed by atoms with E-state index in [1.807, 2.05) is 6.92 Å². The molecule has 0 atom stereocenters. The summed E-state index contributed by atoms with van der Waals surface area (Å²) in [5, 5.41) is 10.5. The first-order chi connectivity index (χ1) is 12.8. The van der Waals surface area contributed by atoms with Crippen LogP contribution in [-0.4, -0.2) is 18.3 Å². The summed E-state index contributed by atoms with van der Waals surface area (Å²) in [6.07, 6.45) is 0. The summed E-state index contributed by atoms with van der Waals surface area (Å²) >= 11 is 8.56. The Bertz CT molecular complexity index is 1080. The summed E-state index contributed by atoms with van der Waals surface area (Å²) in [5.74, 6) is 0.492. The molecule has 3 rings (SSSR count). The number of halogens is 1. The number of nitro groups is 1. The first kappa shape index (κ1) is 19.8. The van der Waals surface area contributed by atoms with Crippen LogP contribution in [0.15, 0.2) is 62.8 Å².